The summed E-state index contributed by atoms with van der Waals surface area (Å²) < 4.78 is 14.2. The number of nitrogens with one attached hydrogen (secondary N) is 1. The van der Waals surface area contributed by atoms with Gasteiger partial charge in [0.1, 0.15) is 23.3 Å². The van der Waals surface area contributed by atoms with E-state index in [1.165, 1.54) is 6.20 Å². The molecule has 7 nitrogen and oxygen atoms in total. The molecule has 0 amide bonds. The average molecular weight is 374 g/mol. The Bertz CT molecular complexity index is 1240. The molecule has 3 aromatic heterocycles. The van der Waals surface area contributed by atoms with E-state index in [0.717, 1.165) is 6.07 Å². The number of fused-ring (bicyclic) bond motifs is 1. The molecule has 0 saturated carbocycles. The van der Waals surface area contributed by atoms with Crippen LogP contribution in [0.1, 0.15) is 16.7 Å². The number of anilines is 1. The molecule has 0 aliphatic heterocycles. The lowest BCUT2D eigenvalue weighted by Gasteiger charge is -2.14. The second-order valence-corrected chi connectivity index (χ2v) is 6.44. The van der Waals surface area contributed by atoms with E-state index in [9.17, 15) is 14.8 Å². The number of pyridine rings is 1. The van der Waals surface area contributed by atoms with Crippen molar-refractivity contribution in [3.05, 3.63) is 53.2 Å². The van der Waals surface area contributed by atoms with Gasteiger partial charge in [0.2, 0.25) is 5.95 Å². The van der Waals surface area contributed by atoms with Crippen LogP contribution in [0.3, 0.4) is 0 Å². The maximum atomic E-state index is 14.2. The molecule has 4 rings (SSSR count). The lowest BCUT2D eigenvalue weighted by molar-refractivity contribution is 0.464. The highest BCUT2D eigenvalue weighted by molar-refractivity contribution is 5.94. The van der Waals surface area contributed by atoms with Gasteiger partial charge in [0.25, 0.3) is 0 Å². The van der Waals surface area contributed by atoms with Crippen molar-refractivity contribution in [2.24, 2.45) is 0 Å². The van der Waals surface area contributed by atoms with Crippen LogP contribution < -0.4 is 5.73 Å². The maximum Gasteiger partial charge on any atom is 0.219 e. The standard InChI is InChI=1S/C20H15FN6O/c1-9-15(21)4-17(28)10(2)18(9)14-8-24-19-12(13(14)5-22)3-16(27-19)11-6-25-20(23)26-7-11/h3-4,6-8,28H,1-2H3,(H,24,27)(H2,23,25,26). The fraction of sp³-hybridized carbons (Fsp3) is 0.100. The SMILES string of the molecule is Cc1c(O)cc(F)c(C)c1-c1cnc2[nH]c(-c3cnc(N)nc3)cc2c1C#N. The second kappa shape index (κ2) is 6.32. The summed E-state index contributed by atoms with van der Waals surface area (Å²) in [6.07, 6.45) is 4.65. The van der Waals surface area contributed by atoms with Crippen molar-refractivity contribution in [3.8, 4) is 34.2 Å². The van der Waals surface area contributed by atoms with Crippen molar-refractivity contribution in [2.45, 2.75) is 13.8 Å². The molecular formula is C20H15FN6O. The molecule has 0 spiro atoms. The third kappa shape index (κ3) is 2.61. The van der Waals surface area contributed by atoms with Crippen LogP contribution >= 0.6 is 0 Å². The predicted molar refractivity (Wildman–Crippen MR) is 103 cm³/mol. The Morgan fingerprint density at radius 2 is 1.82 bits per heavy atom. The van der Waals surface area contributed by atoms with E-state index in [2.05, 4.69) is 26.0 Å². The van der Waals surface area contributed by atoms with E-state index in [1.807, 2.05) is 0 Å². The van der Waals surface area contributed by atoms with Crippen LogP contribution in [0, 0.1) is 31.0 Å². The number of nitriles is 1. The van der Waals surface area contributed by atoms with Crippen LogP contribution in [0.5, 0.6) is 5.75 Å². The number of nitrogens with two attached hydrogens (primary N) is 1. The van der Waals surface area contributed by atoms with Gasteiger partial charge in [-0.3, -0.25) is 0 Å². The first-order valence-electron chi connectivity index (χ1n) is 8.39. The van der Waals surface area contributed by atoms with Gasteiger partial charge in [-0.2, -0.15) is 5.26 Å². The Morgan fingerprint density at radius 3 is 2.50 bits per heavy atom. The van der Waals surface area contributed by atoms with E-state index in [-0.39, 0.29) is 11.7 Å². The largest absolute Gasteiger partial charge is 0.508 e. The monoisotopic (exact) mass is 374 g/mol. The number of rotatable bonds is 2. The summed E-state index contributed by atoms with van der Waals surface area (Å²) in [6, 6.07) is 5.03. The molecule has 28 heavy (non-hydrogen) atoms. The van der Waals surface area contributed by atoms with Gasteiger partial charge in [-0.05, 0) is 36.6 Å². The molecule has 4 aromatic rings. The zero-order chi connectivity index (χ0) is 20.0. The summed E-state index contributed by atoms with van der Waals surface area (Å²) in [4.78, 5) is 15.5. The first-order chi connectivity index (χ1) is 13.4. The van der Waals surface area contributed by atoms with E-state index in [0.29, 0.717) is 50.1 Å². The van der Waals surface area contributed by atoms with Crippen LogP contribution in [0.15, 0.2) is 30.7 Å². The van der Waals surface area contributed by atoms with Crippen molar-refractivity contribution in [1.82, 2.24) is 19.9 Å². The van der Waals surface area contributed by atoms with Gasteiger partial charge < -0.3 is 15.8 Å². The quantitative estimate of drug-likeness (QED) is 0.492. The number of phenols is 1. The number of phenolic OH excluding ortho intramolecular Hbond substituents is 1. The number of nitrogen functional groups attached to an aromatic ring is 1. The van der Waals surface area contributed by atoms with Gasteiger partial charge >= 0.3 is 0 Å². The zero-order valence-electron chi connectivity index (χ0n) is 15.1. The predicted octanol–water partition coefficient (Wildman–Crippen LogP) is 3.60. The minimum absolute atomic E-state index is 0.162. The summed E-state index contributed by atoms with van der Waals surface area (Å²) in [5.41, 5.74) is 9.47. The second-order valence-electron chi connectivity index (χ2n) is 6.44. The number of aromatic hydroxyl groups is 1. The molecule has 0 fully saturated rings. The van der Waals surface area contributed by atoms with E-state index in [1.54, 1.807) is 32.3 Å². The molecule has 0 bridgehead atoms. The normalized spacial score (nSPS) is 10.9. The molecule has 0 saturated heterocycles. The first kappa shape index (κ1) is 17.4. The smallest absolute Gasteiger partial charge is 0.219 e. The molecule has 0 aliphatic rings. The van der Waals surface area contributed by atoms with E-state index < -0.39 is 5.82 Å². The van der Waals surface area contributed by atoms with Crippen molar-refractivity contribution in [1.29, 1.82) is 5.26 Å². The number of aromatic amines is 1. The zero-order valence-corrected chi connectivity index (χ0v) is 15.1. The van der Waals surface area contributed by atoms with Gasteiger partial charge in [0.05, 0.1) is 11.3 Å². The molecule has 0 aliphatic carbocycles. The third-order valence-corrected chi connectivity index (χ3v) is 4.78. The number of aromatic nitrogens is 4. The van der Waals surface area contributed by atoms with Gasteiger partial charge in [-0.15, -0.1) is 0 Å². The van der Waals surface area contributed by atoms with E-state index in [4.69, 9.17) is 5.73 Å². The Labute approximate surface area is 159 Å². The van der Waals surface area contributed by atoms with Crippen molar-refractivity contribution >= 4 is 17.0 Å². The van der Waals surface area contributed by atoms with Crippen LogP contribution in [0.25, 0.3) is 33.4 Å². The first-order valence-corrected chi connectivity index (χ1v) is 8.39. The third-order valence-electron chi connectivity index (χ3n) is 4.78. The Hall–Kier alpha value is -3.99. The van der Waals surface area contributed by atoms with E-state index >= 15 is 0 Å². The highest BCUT2D eigenvalue weighted by Crippen LogP contribution is 2.38. The van der Waals surface area contributed by atoms with Crippen LogP contribution in [-0.2, 0) is 0 Å². The summed E-state index contributed by atoms with van der Waals surface area (Å²) in [6.45, 7) is 3.29. The highest BCUT2D eigenvalue weighted by atomic mass is 19.1. The number of H-pyrrole nitrogens is 1. The maximum absolute atomic E-state index is 14.2. The van der Waals surface area contributed by atoms with Gasteiger partial charge in [0.15, 0.2) is 0 Å². The molecular weight excluding hydrogens is 359 g/mol. The molecule has 138 valence electrons. The van der Waals surface area contributed by atoms with Crippen molar-refractivity contribution < 1.29 is 9.50 Å². The Morgan fingerprint density at radius 1 is 1.11 bits per heavy atom. The summed E-state index contributed by atoms with van der Waals surface area (Å²) >= 11 is 0. The van der Waals surface area contributed by atoms with Gasteiger partial charge in [-0.1, -0.05) is 0 Å². The lowest BCUT2D eigenvalue weighted by atomic mass is 9.92. The Kier molecular flexibility index (Phi) is 3.93. The number of nitrogens with zero attached hydrogens (tertiary/aromatic N) is 4. The molecule has 8 heteroatoms. The molecule has 1 aromatic carbocycles. The lowest BCUT2D eigenvalue weighted by Crippen LogP contribution is -1.97. The fourth-order valence-electron chi connectivity index (χ4n) is 3.29. The van der Waals surface area contributed by atoms with Crippen LogP contribution in [0.2, 0.25) is 0 Å². The number of hydrogen-bond donors (Lipinski definition) is 3. The van der Waals surface area contributed by atoms with Crippen LogP contribution in [0.4, 0.5) is 10.3 Å². The minimum Gasteiger partial charge on any atom is -0.508 e. The van der Waals surface area contributed by atoms with Gasteiger partial charge in [0, 0.05) is 41.2 Å². The number of benzene rings is 1. The average Bonchev–Trinajstić information content (AvgIpc) is 3.11. The number of halogens is 1. The molecule has 3 heterocycles. The van der Waals surface area contributed by atoms with Crippen molar-refractivity contribution in [3.63, 3.8) is 0 Å². The topological polar surface area (TPSA) is 124 Å². The van der Waals surface area contributed by atoms with Crippen molar-refractivity contribution in [2.75, 3.05) is 5.73 Å². The Balaban J connectivity index is 1.98. The number of hydrogen-bond acceptors (Lipinski definition) is 6. The molecule has 0 atom stereocenters. The molecule has 0 unspecified atom stereocenters. The summed E-state index contributed by atoms with van der Waals surface area (Å²) in [7, 11) is 0. The molecule has 4 N–H and O–H groups in total. The highest BCUT2D eigenvalue weighted by Gasteiger charge is 2.20. The summed E-state index contributed by atoms with van der Waals surface area (Å²) in [5.74, 6) is -0.554. The fourth-order valence-corrected chi connectivity index (χ4v) is 3.29. The minimum atomic E-state index is -0.545. The summed E-state index contributed by atoms with van der Waals surface area (Å²) in [5, 5.41) is 20.4. The van der Waals surface area contributed by atoms with Gasteiger partial charge in [-0.25, -0.2) is 19.3 Å². The molecule has 0 radical (unpaired) electrons. The van der Waals surface area contributed by atoms with Crippen LogP contribution in [-0.4, -0.2) is 25.0 Å².